The van der Waals surface area contributed by atoms with E-state index < -0.39 is 0 Å². The number of likely N-dealkylation sites (tertiary alicyclic amines) is 2. The van der Waals surface area contributed by atoms with Crippen LogP contribution in [0.2, 0.25) is 0 Å². The molecule has 2 heterocycles. The van der Waals surface area contributed by atoms with Gasteiger partial charge >= 0.3 is 0 Å². The highest BCUT2D eigenvalue weighted by atomic mass is 15.4. The van der Waals surface area contributed by atoms with Crippen LogP contribution in [0, 0.1) is 10.8 Å². The highest BCUT2D eigenvalue weighted by Crippen LogP contribution is 2.53. The van der Waals surface area contributed by atoms with E-state index in [2.05, 4.69) is 30.6 Å². The molecule has 25 heavy (non-hydrogen) atoms. The zero-order valence-electron chi connectivity index (χ0n) is 17.5. The fourth-order valence-corrected chi connectivity index (χ4v) is 6.59. The summed E-state index contributed by atoms with van der Waals surface area (Å²) >= 11 is 0. The number of rotatable bonds is 7. The molecule has 0 aromatic heterocycles. The summed E-state index contributed by atoms with van der Waals surface area (Å²) in [6, 6.07) is 0. The lowest BCUT2D eigenvalue weighted by atomic mass is 9.60. The first kappa shape index (κ1) is 19.7. The van der Waals surface area contributed by atoms with Crippen LogP contribution in [0.15, 0.2) is 0 Å². The first-order valence-electron chi connectivity index (χ1n) is 11.6. The normalized spacial score (nSPS) is 28.4. The smallest absolute Gasteiger partial charge is 0.0619 e. The van der Waals surface area contributed by atoms with Gasteiger partial charge in [-0.2, -0.15) is 0 Å². The Hall–Kier alpha value is -0.0800. The van der Waals surface area contributed by atoms with E-state index in [4.69, 9.17) is 0 Å². The molecule has 0 amide bonds. The van der Waals surface area contributed by atoms with E-state index in [0.717, 1.165) is 6.17 Å². The van der Waals surface area contributed by atoms with Crippen LogP contribution in [0.4, 0.5) is 0 Å². The van der Waals surface area contributed by atoms with Crippen molar-refractivity contribution in [3.8, 4) is 0 Å². The fraction of sp³-hybridized carbons (Fsp3) is 1.00. The highest BCUT2D eigenvalue weighted by Gasteiger charge is 2.46. The summed E-state index contributed by atoms with van der Waals surface area (Å²) in [6.07, 6.45) is 19.6. The predicted molar refractivity (Wildman–Crippen MR) is 109 cm³/mol. The van der Waals surface area contributed by atoms with Crippen LogP contribution >= 0.6 is 0 Å². The first-order chi connectivity index (χ1) is 12.2. The van der Waals surface area contributed by atoms with Crippen LogP contribution in [-0.4, -0.2) is 42.1 Å². The Morgan fingerprint density at radius 3 is 1.92 bits per heavy atom. The Labute approximate surface area is 157 Å². The molecule has 2 saturated heterocycles. The van der Waals surface area contributed by atoms with Crippen LogP contribution in [-0.2, 0) is 0 Å². The van der Waals surface area contributed by atoms with Crippen molar-refractivity contribution in [1.29, 1.82) is 0 Å². The van der Waals surface area contributed by atoms with Gasteiger partial charge in [-0.1, -0.05) is 40.0 Å². The Kier molecular flexibility index (Phi) is 6.88. The van der Waals surface area contributed by atoms with E-state index in [9.17, 15) is 0 Å². The lowest BCUT2D eigenvalue weighted by Gasteiger charge is -2.46. The average molecular weight is 349 g/mol. The maximum atomic E-state index is 2.89. The van der Waals surface area contributed by atoms with Crippen LogP contribution < -0.4 is 0 Å². The van der Waals surface area contributed by atoms with Gasteiger partial charge in [0, 0.05) is 13.1 Å². The number of hydrogen-bond acceptors (Lipinski definition) is 2. The molecular formula is C23H44N2. The molecule has 0 radical (unpaired) electrons. The molecule has 0 aromatic rings. The van der Waals surface area contributed by atoms with Gasteiger partial charge in [0.15, 0.2) is 0 Å². The van der Waals surface area contributed by atoms with Gasteiger partial charge < -0.3 is 0 Å². The monoisotopic (exact) mass is 348 g/mol. The molecule has 1 unspecified atom stereocenters. The summed E-state index contributed by atoms with van der Waals surface area (Å²) in [4.78, 5) is 5.70. The van der Waals surface area contributed by atoms with E-state index in [-0.39, 0.29) is 0 Å². The van der Waals surface area contributed by atoms with Crippen molar-refractivity contribution in [2.24, 2.45) is 10.8 Å². The second kappa shape index (κ2) is 8.74. The van der Waals surface area contributed by atoms with Crippen molar-refractivity contribution in [2.75, 3.05) is 26.2 Å². The van der Waals surface area contributed by atoms with Gasteiger partial charge in [-0.15, -0.1) is 0 Å². The van der Waals surface area contributed by atoms with Crippen LogP contribution in [0.3, 0.4) is 0 Å². The summed E-state index contributed by atoms with van der Waals surface area (Å²) < 4.78 is 0. The minimum absolute atomic E-state index is 0.675. The maximum Gasteiger partial charge on any atom is 0.0619 e. The summed E-state index contributed by atoms with van der Waals surface area (Å²) in [5.41, 5.74) is 1.38. The summed E-state index contributed by atoms with van der Waals surface area (Å²) in [5.74, 6) is 0. The Morgan fingerprint density at radius 2 is 1.36 bits per heavy atom. The third-order valence-electron chi connectivity index (χ3n) is 8.00. The molecule has 1 spiro atoms. The third kappa shape index (κ3) is 4.43. The van der Waals surface area contributed by atoms with Crippen LogP contribution in [0.5, 0.6) is 0 Å². The van der Waals surface area contributed by atoms with Crippen LogP contribution in [0.25, 0.3) is 0 Å². The lowest BCUT2D eigenvalue weighted by Crippen LogP contribution is -2.50. The summed E-state index contributed by atoms with van der Waals surface area (Å²) in [7, 11) is 0. The highest BCUT2D eigenvalue weighted by molar-refractivity contribution is 4.98. The quantitative estimate of drug-likeness (QED) is 0.551. The van der Waals surface area contributed by atoms with E-state index in [0.29, 0.717) is 10.8 Å². The Morgan fingerprint density at radius 1 is 0.720 bits per heavy atom. The lowest BCUT2D eigenvalue weighted by molar-refractivity contribution is 0.0181. The third-order valence-corrected chi connectivity index (χ3v) is 8.00. The van der Waals surface area contributed by atoms with E-state index in [1.54, 1.807) is 0 Å². The molecule has 1 atom stereocenters. The fourth-order valence-electron chi connectivity index (χ4n) is 6.59. The average Bonchev–Trinajstić information content (AvgIpc) is 3.04. The van der Waals surface area contributed by atoms with E-state index in [1.165, 1.54) is 110 Å². The molecule has 1 aliphatic carbocycles. The standard InChI is InChI=1S/C23H44N2/c1-4-10-22(11-5-2)12-14-23(15-13-22)16-19-25(20-23)21(6-3)24-17-8-7-9-18-24/h21H,4-20H2,1-3H3. The van der Waals surface area contributed by atoms with Gasteiger partial charge in [0.25, 0.3) is 0 Å². The van der Waals surface area contributed by atoms with E-state index >= 15 is 0 Å². The minimum atomic E-state index is 0.675. The van der Waals surface area contributed by atoms with Crippen molar-refractivity contribution < 1.29 is 0 Å². The Balaban J connectivity index is 1.58. The number of hydrogen-bond donors (Lipinski definition) is 0. The SMILES string of the molecule is CCCC1(CCC)CCC2(CCN(C(CC)N3CCCCC3)C2)CC1. The van der Waals surface area contributed by atoms with Crippen molar-refractivity contribution >= 4 is 0 Å². The zero-order valence-corrected chi connectivity index (χ0v) is 17.5. The van der Waals surface area contributed by atoms with Gasteiger partial charge in [0.2, 0.25) is 0 Å². The van der Waals surface area contributed by atoms with Gasteiger partial charge in [0.05, 0.1) is 6.17 Å². The van der Waals surface area contributed by atoms with E-state index in [1.807, 2.05) is 0 Å². The molecule has 2 heteroatoms. The second-order valence-corrected chi connectivity index (χ2v) is 9.71. The zero-order chi connectivity index (χ0) is 17.8. The second-order valence-electron chi connectivity index (χ2n) is 9.71. The Bertz CT molecular complexity index is 383. The van der Waals surface area contributed by atoms with Crippen molar-refractivity contribution in [1.82, 2.24) is 9.80 Å². The van der Waals surface area contributed by atoms with Crippen molar-refractivity contribution in [2.45, 2.75) is 110 Å². The molecule has 3 rings (SSSR count). The van der Waals surface area contributed by atoms with Gasteiger partial charge in [-0.25, -0.2) is 0 Å². The minimum Gasteiger partial charge on any atom is -0.288 e. The summed E-state index contributed by atoms with van der Waals surface area (Å²) in [5, 5.41) is 0. The molecule has 0 bridgehead atoms. The largest absolute Gasteiger partial charge is 0.288 e. The van der Waals surface area contributed by atoms with Gasteiger partial charge in [0.1, 0.15) is 0 Å². The predicted octanol–water partition coefficient (Wildman–Crippen LogP) is 6.06. The molecule has 0 N–H and O–H groups in total. The first-order valence-corrected chi connectivity index (χ1v) is 11.6. The molecule has 2 aliphatic heterocycles. The molecule has 1 saturated carbocycles. The maximum absolute atomic E-state index is 2.89. The van der Waals surface area contributed by atoms with Gasteiger partial charge in [-0.3, -0.25) is 9.80 Å². The molecule has 3 aliphatic rings. The molecule has 2 nitrogen and oxygen atoms in total. The molecular weight excluding hydrogens is 304 g/mol. The molecule has 0 aromatic carbocycles. The topological polar surface area (TPSA) is 6.48 Å². The number of piperidine rings is 1. The summed E-state index contributed by atoms with van der Waals surface area (Å²) in [6.45, 7) is 12.7. The number of nitrogens with zero attached hydrogens (tertiary/aromatic N) is 2. The van der Waals surface area contributed by atoms with Gasteiger partial charge in [-0.05, 0) is 88.1 Å². The van der Waals surface area contributed by atoms with Crippen molar-refractivity contribution in [3.63, 3.8) is 0 Å². The molecule has 3 fully saturated rings. The van der Waals surface area contributed by atoms with Crippen LogP contribution in [0.1, 0.15) is 104 Å². The van der Waals surface area contributed by atoms with Crippen molar-refractivity contribution in [3.05, 3.63) is 0 Å². The molecule has 146 valence electrons.